The quantitative estimate of drug-likeness (QED) is 0.0817. The summed E-state index contributed by atoms with van der Waals surface area (Å²) in [5.74, 6) is 0. The zero-order valence-corrected chi connectivity index (χ0v) is 33.8. The number of aliphatic hydroxyl groups is 10. The van der Waals surface area contributed by atoms with Crippen LogP contribution >= 0.6 is 0 Å². The normalized spacial score (nSPS) is 45.6. The Balaban J connectivity index is 1.50. The van der Waals surface area contributed by atoms with Crippen LogP contribution in [0.5, 0.6) is 0 Å². The fraction of sp³-hybridized carbons (Fsp3) is 0.846. The monoisotopic (exact) mass is 822 g/mol. The first kappa shape index (κ1) is 48.2. The lowest BCUT2D eigenvalue weighted by Gasteiger charge is -2.48. The zero-order chi connectivity index (χ0) is 42.5. The van der Waals surface area contributed by atoms with Gasteiger partial charge >= 0.3 is 0 Å². The van der Waals surface area contributed by atoms with Gasteiger partial charge in [0.25, 0.3) is 0 Å². The molecule has 21 atom stereocenters. The molecule has 0 bridgehead atoms. The van der Waals surface area contributed by atoms with Crippen molar-refractivity contribution in [3.63, 3.8) is 0 Å². The maximum Gasteiger partial charge on any atom is 0.187 e. The molecule has 0 radical (unpaired) electrons. The zero-order valence-electron chi connectivity index (χ0n) is 33.8. The summed E-state index contributed by atoms with van der Waals surface area (Å²) in [4.78, 5) is 0. The summed E-state index contributed by atoms with van der Waals surface area (Å²) in [6.45, 7) is 15.7. The first-order valence-corrected chi connectivity index (χ1v) is 19.6. The Morgan fingerprint density at radius 1 is 0.579 bits per heavy atom. The third-order valence-corrected chi connectivity index (χ3v) is 11.1. The first-order chi connectivity index (χ1) is 26.7. The van der Waals surface area contributed by atoms with Gasteiger partial charge in [-0.3, -0.25) is 0 Å². The van der Waals surface area contributed by atoms with Crippen LogP contribution in [-0.4, -0.2) is 186 Å². The fourth-order valence-electron chi connectivity index (χ4n) is 7.16. The molecule has 4 aliphatic rings. The molecule has 4 heterocycles. The van der Waals surface area contributed by atoms with Gasteiger partial charge in [-0.15, -0.1) is 6.58 Å². The van der Waals surface area contributed by atoms with Crippen molar-refractivity contribution >= 4 is 0 Å². The van der Waals surface area contributed by atoms with Crippen molar-refractivity contribution in [2.24, 2.45) is 0 Å². The smallest absolute Gasteiger partial charge is 0.187 e. The van der Waals surface area contributed by atoms with Gasteiger partial charge in [-0.1, -0.05) is 29.4 Å². The van der Waals surface area contributed by atoms with Crippen molar-refractivity contribution in [1.82, 2.24) is 0 Å². The molecule has 0 amide bonds. The molecule has 0 aliphatic carbocycles. The Morgan fingerprint density at radius 3 is 1.65 bits per heavy atom. The van der Waals surface area contributed by atoms with Crippen molar-refractivity contribution in [3.05, 3.63) is 36.0 Å². The Hall–Kier alpha value is -1.50. The van der Waals surface area contributed by atoms with Crippen LogP contribution in [0.15, 0.2) is 36.0 Å². The Bertz CT molecular complexity index is 1330. The van der Waals surface area contributed by atoms with Gasteiger partial charge in [-0.2, -0.15) is 0 Å². The van der Waals surface area contributed by atoms with Crippen LogP contribution in [0.4, 0.5) is 0 Å². The van der Waals surface area contributed by atoms with Crippen molar-refractivity contribution in [2.75, 3.05) is 6.61 Å². The highest BCUT2D eigenvalue weighted by Gasteiger charge is 2.54. The van der Waals surface area contributed by atoms with E-state index in [4.69, 9.17) is 37.9 Å². The highest BCUT2D eigenvalue weighted by molar-refractivity contribution is 5.05. The Kier molecular flexibility index (Phi) is 17.6. The van der Waals surface area contributed by atoms with E-state index in [0.717, 1.165) is 12.8 Å². The minimum atomic E-state index is -1.86. The predicted octanol–water partition coefficient (Wildman–Crippen LogP) is -1.22. The van der Waals surface area contributed by atoms with Crippen molar-refractivity contribution in [1.29, 1.82) is 0 Å². The second-order valence-electron chi connectivity index (χ2n) is 16.2. The maximum absolute atomic E-state index is 11.5. The third-order valence-electron chi connectivity index (χ3n) is 11.1. The molecule has 18 heteroatoms. The Morgan fingerprint density at radius 2 is 1.07 bits per heavy atom. The van der Waals surface area contributed by atoms with Crippen LogP contribution in [0.1, 0.15) is 74.1 Å². The molecule has 0 aromatic carbocycles. The summed E-state index contributed by atoms with van der Waals surface area (Å²) in [6, 6.07) is 0. The molecule has 4 aliphatic heterocycles. The van der Waals surface area contributed by atoms with E-state index in [9.17, 15) is 51.1 Å². The molecule has 4 fully saturated rings. The van der Waals surface area contributed by atoms with Gasteiger partial charge in [0.2, 0.25) is 0 Å². The molecule has 18 nitrogen and oxygen atoms in total. The standard InChI is InChI=1S/C39H66O18/c1-9-39(8,15-11-14-18(4)13-10-12-17(2)3)57-38-32(49)28(45)34(22(54-38)16-50-35-29(46)25(42)23(40)19(5)51-35)56-37-31(48)27(44)33(21(7)53-37)55-36-30(47)26(43)24(41)20(6)52-36/h9,12,14,19-38,40-49H,1,10-11,13,15-16H2,2-8H3/b18-14+. The second-order valence-corrected chi connectivity index (χ2v) is 16.2. The highest BCUT2D eigenvalue weighted by atomic mass is 16.8. The minimum absolute atomic E-state index is 0.433. The first-order valence-electron chi connectivity index (χ1n) is 19.6. The van der Waals surface area contributed by atoms with E-state index in [1.165, 1.54) is 31.9 Å². The number of ether oxygens (including phenoxy) is 8. The predicted molar refractivity (Wildman–Crippen MR) is 199 cm³/mol. The summed E-state index contributed by atoms with van der Waals surface area (Å²) in [5.41, 5.74) is 1.38. The molecule has 4 saturated heterocycles. The fourth-order valence-corrected chi connectivity index (χ4v) is 7.16. The van der Waals surface area contributed by atoms with Gasteiger partial charge in [0.1, 0.15) is 79.4 Å². The van der Waals surface area contributed by atoms with Gasteiger partial charge in [0.15, 0.2) is 25.2 Å². The van der Waals surface area contributed by atoms with Crippen molar-refractivity contribution in [2.45, 2.75) is 203 Å². The molecule has 0 spiro atoms. The molecule has 10 N–H and O–H groups in total. The lowest BCUT2D eigenvalue weighted by Crippen LogP contribution is -2.66. The third kappa shape index (κ3) is 11.9. The molecule has 21 unspecified atom stereocenters. The number of aliphatic hydroxyl groups excluding tert-OH is 10. The van der Waals surface area contributed by atoms with Crippen LogP contribution in [-0.2, 0) is 37.9 Å². The summed E-state index contributed by atoms with van der Waals surface area (Å²) in [5, 5.41) is 107. The topological polar surface area (TPSA) is 276 Å². The summed E-state index contributed by atoms with van der Waals surface area (Å²) < 4.78 is 46.9. The van der Waals surface area contributed by atoms with E-state index < -0.39 is 135 Å². The Labute approximate surface area is 333 Å². The van der Waals surface area contributed by atoms with Crippen LogP contribution < -0.4 is 0 Å². The average molecular weight is 823 g/mol. The minimum Gasteiger partial charge on any atom is -0.388 e. The number of hydrogen-bond acceptors (Lipinski definition) is 18. The van der Waals surface area contributed by atoms with Crippen molar-refractivity contribution in [3.8, 4) is 0 Å². The SMILES string of the molecule is C=CC(C)(CC/C=C(\C)CCC=C(C)C)OC1OC(COC2OC(C)C(O)C(O)C2O)C(OC2OC(C)C(OC3OC(C)C(O)C(O)C3O)C(O)C2O)C(O)C1O. The molecular formula is C39H66O18. The van der Waals surface area contributed by atoms with Crippen LogP contribution in [0, 0.1) is 0 Å². The summed E-state index contributed by atoms with van der Waals surface area (Å²) >= 11 is 0. The van der Waals surface area contributed by atoms with E-state index in [2.05, 4.69) is 18.7 Å². The van der Waals surface area contributed by atoms with E-state index >= 15 is 0 Å². The van der Waals surface area contributed by atoms with E-state index in [-0.39, 0.29) is 0 Å². The number of allylic oxidation sites excluding steroid dienone is 4. The average Bonchev–Trinajstić information content (AvgIpc) is 3.16. The van der Waals surface area contributed by atoms with E-state index in [1.54, 1.807) is 13.0 Å². The molecule has 4 rings (SSSR count). The van der Waals surface area contributed by atoms with Gasteiger partial charge in [0, 0.05) is 0 Å². The maximum atomic E-state index is 11.5. The van der Waals surface area contributed by atoms with E-state index in [1.807, 2.05) is 20.8 Å². The van der Waals surface area contributed by atoms with Crippen molar-refractivity contribution < 1.29 is 89.0 Å². The van der Waals surface area contributed by atoms with Crippen LogP contribution in [0.2, 0.25) is 0 Å². The lowest BCUT2D eigenvalue weighted by molar-refractivity contribution is -0.382. The van der Waals surface area contributed by atoms with Crippen LogP contribution in [0.25, 0.3) is 0 Å². The van der Waals surface area contributed by atoms with Gasteiger partial charge < -0.3 is 89.0 Å². The van der Waals surface area contributed by atoms with Crippen LogP contribution in [0.3, 0.4) is 0 Å². The summed E-state index contributed by atoms with van der Waals surface area (Å²) in [7, 11) is 0. The summed E-state index contributed by atoms with van der Waals surface area (Å²) in [6.07, 6.45) is -21.2. The largest absolute Gasteiger partial charge is 0.388 e. The second kappa shape index (κ2) is 20.8. The molecular weight excluding hydrogens is 756 g/mol. The molecule has 330 valence electrons. The van der Waals surface area contributed by atoms with Gasteiger partial charge in [-0.25, -0.2) is 0 Å². The van der Waals surface area contributed by atoms with E-state index in [0.29, 0.717) is 12.8 Å². The van der Waals surface area contributed by atoms with Gasteiger partial charge in [-0.05, 0) is 74.1 Å². The molecule has 0 aromatic rings. The molecule has 0 saturated carbocycles. The molecule has 57 heavy (non-hydrogen) atoms. The highest BCUT2D eigenvalue weighted by Crippen LogP contribution is 2.35. The van der Waals surface area contributed by atoms with Gasteiger partial charge in [0.05, 0.1) is 30.5 Å². The lowest BCUT2D eigenvalue weighted by atomic mass is 9.95. The number of rotatable bonds is 16. The number of hydrogen-bond donors (Lipinski definition) is 10. The molecule has 0 aromatic heterocycles.